The molecule has 0 saturated carbocycles. The number of nitrogens with one attached hydrogen (secondary N) is 2. The molecule has 192 valence electrons. The summed E-state index contributed by atoms with van der Waals surface area (Å²) in [4.78, 5) is 31.5. The molecule has 2 unspecified atom stereocenters. The van der Waals surface area contributed by atoms with Gasteiger partial charge in [0.05, 0.1) is 11.4 Å². The molecular weight excluding hydrogens is 446 g/mol. The van der Waals surface area contributed by atoms with E-state index < -0.39 is 0 Å². The zero-order valence-corrected chi connectivity index (χ0v) is 21.6. The summed E-state index contributed by atoms with van der Waals surface area (Å²) in [6.07, 6.45) is 1.83. The molecule has 11 nitrogen and oxygen atoms in total. The number of aryl methyl sites for hydroxylation is 1. The van der Waals surface area contributed by atoms with Crippen molar-refractivity contribution in [1.29, 1.82) is 0 Å². The van der Waals surface area contributed by atoms with Crippen molar-refractivity contribution in [3.05, 3.63) is 34.9 Å². The van der Waals surface area contributed by atoms with Crippen LogP contribution in [0.15, 0.2) is 12.1 Å². The number of hydrogen-bond acceptors (Lipinski definition) is 7. The van der Waals surface area contributed by atoms with Crippen LogP contribution in [0.2, 0.25) is 0 Å². The van der Waals surface area contributed by atoms with E-state index in [-0.39, 0.29) is 17.9 Å². The van der Waals surface area contributed by atoms with Gasteiger partial charge in [0.15, 0.2) is 5.69 Å². The zero-order chi connectivity index (χ0) is 25.1. The first-order valence-electron chi connectivity index (χ1n) is 12.4. The van der Waals surface area contributed by atoms with E-state index in [1.807, 2.05) is 35.5 Å². The summed E-state index contributed by atoms with van der Waals surface area (Å²) in [5, 5.41) is 15.5. The lowest BCUT2D eigenvalue weighted by Gasteiger charge is -2.23. The minimum atomic E-state index is -0.126. The molecule has 2 aliphatic heterocycles. The van der Waals surface area contributed by atoms with E-state index in [9.17, 15) is 9.59 Å². The molecule has 2 atom stereocenters. The Morgan fingerprint density at radius 3 is 2.54 bits per heavy atom. The number of carbonyl (C=O) groups excluding carboxylic acids is 2. The van der Waals surface area contributed by atoms with Gasteiger partial charge in [-0.25, -0.2) is 0 Å². The zero-order valence-electron chi connectivity index (χ0n) is 21.6. The Labute approximate surface area is 207 Å². The van der Waals surface area contributed by atoms with E-state index in [0.29, 0.717) is 17.3 Å². The third-order valence-corrected chi connectivity index (χ3v) is 6.69. The largest absolute Gasteiger partial charge is 0.348 e. The Hall–Kier alpha value is -2.76. The van der Waals surface area contributed by atoms with Crippen LogP contribution in [0.1, 0.15) is 52.1 Å². The van der Waals surface area contributed by atoms with Gasteiger partial charge in [-0.05, 0) is 51.9 Å². The summed E-state index contributed by atoms with van der Waals surface area (Å²) >= 11 is 0. The number of rotatable bonds is 7. The molecule has 0 radical (unpaired) electrons. The average Bonchev–Trinajstić information content (AvgIpc) is 3.27. The van der Waals surface area contributed by atoms with Crippen molar-refractivity contribution < 1.29 is 9.59 Å². The van der Waals surface area contributed by atoms with Crippen LogP contribution >= 0.6 is 0 Å². The van der Waals surface area contributed by atoms with Gasteiger partial charge >= 0.3 is 0 Å². The third kappa shape index (κ3) is 6.09. The molecular formula is C24H39N9O2. The Balaban J connectivity index is 1.38. The van der Waals surface area contributed by atoms with Gasteiger partial charge in [0, 0.05) is 66.1 Å². The molecule has 2 N–H and O–H groups in total. The van der Waals surface area contributed by atoms with E-state index >= 15 is 0 Å². The molecule has 0 aromatic carbocycles. The van der Waals surface area contributed by atoms with E-state index in [2.05, 4.69) is 37.7 Å². The Bertz CT molecular complexity index is 1040. The third-order valence-electron chi connectivity index (χ3n) is 6.69. The van der Waals surface area contributed by atoms with Gasteiger partial charge in [0.1, 0.15) is 5.69 Å². The molecule has 0 saturated heterocycles. The highest BCUT2D eigenvalue weighted by Crippen LogP contribution is 2.21. The summed E-state index contributed by atoms with van der Waals surface area (Å²) in [6.45, 7) is 7.87. The SMILES string of the molecule is CNCN1CCCn2nc(C(=O)NC(C)CC3CN(C)Cc4cc(C(=O)N(C)C)nn4C3)cc2C1. The maximum atomic E-state index is 13.0. The highest BCUT2D eigenvalue weighted by molar-refractivity contribution is 5.92. The second kappa shape index (κ2) is 10.9. The van der Waals surface area contributed by atoms with Gasteiger partial charge in [0.25, 0.3) is 11.8 Å². The normalized spacial score (nSPS) is 19.9. The summed E-state index contributed by atoms with van der Waals surface area (Å²) in [6, 6.07) is 3.81. The molecule has 0 aliphatic carbocycles. The molecule has 35 heavy (non-hydrogen) atoms. The van der Waals surface area contributed by atoms with Gasteiger partial charge in [0.2, 0.25) is 0 Å². The first kappa shape index (κ1) is 25.3. The van der Waals surface area contributed by atoms with E-state index in [0.717, 1.165) is 70.2 Å². The lowest BCUT2D eigenvalue weighted by molar-refractivity contribution is 0.0819. The second-order valence-corrected chi connectivity index (χ2v) is 10.2. The fraction of sp³-hybridized carbons (Fsp3) is 0.667. The molecule has 0 fully saturated rings. The van der Waals surface area contributed by atoms with Crippen LogP contribution in [-0.4, -0.2) is 100 Å². The van der Waals surface area contributed by atoms with Crippen molar-refractivity contribution >= 4 is 11.8 Å². The maximum Gasteiger partial charge on any atom is 0.273 e. The van der Waals surface area contributed by atoms with Crippen molar-refractivity contribution in [3.8, 4) is 0 Å². The van der Waals surface area contributed by atoms with Crippen LogP contribution in [-0.2, 0) is 26.2 Å². The fourth-order valence-electron chi connectivity index (χ4n) is 5.16. The molecule has 2 aromatic heterocycles. The lowest BCUT2D eigenvalue weighted by atomic mass is 10.00. The molecule has 2 aliphatic rings. The lowest BCUT2D eigenvalue weighted by Crippen LogP contribution is -2.37. The topological polar surface area (TPSA) is 104 Å². The highest BCUT2D eigenvalue weighted by atomic mass is 16.2. The van der Waals surface area contributed by atoms with Crippen molar-refractivity contribution in [1.82, 2.24) is 44.9 Å². The molecule has 4 rings (SSSR count). The molecule has 0 spiro atoms. The molecule has 11 heteroatoms. The van der Waals surface area contributed by atoms with E-state index in [1.54, 1.807) is 19.0 Å². The number of amides is 2. The minimum Gasteiger partial charge on any atom is -0.348 e. The number of nitrogens with zero attached hydrogens (tertiary/aromatic N) is 7. The molecule has 4 heterocycles. The van der Waals surface area contributed by atoms with Crippen LogP contribution in [0.25, 0.3) is 0 Å². The number of fused-ring (bicyclic) bond motifs is 2. The van der Waals surface area contributed by atoms with Crippen LogP contribution in [0.3, 0.4) is 0 Å². The summed E-state index contributed by atoms with van der Waals surface area (Å²) in [5.74, 6) is 0.0874. The minimum absolute atomic E-state index is 0.0109. The van der Waals surface area contributed by atoms with E-state index in [4.69, 9.17) is 0 Å². The monoisotopic (exact) mass is 485 g/mol. The molecule has 2 amide bonds. The van der Waals surface area contributed by atoms with Crippen molar-refractivity contribution in [2.45, 2.75) is 52.0 Å². The number of hydrogen-bond donors (Lipinski definition) is 2. The van der Waals surface area contributed by atoms with Crippen LogP contribution < -0.4 is 10.6 Å². The van der Waals surface area contributed by atoms with E-state index in [1.165, 1.54) is 0 Å². The fourth-order valence-corrected chi connectivity index (χ4v) is 5.16. The summed E-state index contributed by atoms with van der Waals surface area (Å²) in [7, 11) is 7.51. The van der Waals surface area contributed by atoms with Gasteiger partial charge in [-0.2, -0.15) is 10.2 Å². The van der Waals surface area contributed by atoms with Crippen LogP contribution in [0.4, 0.5) is 0 Å². The Kier molecular flexibility index (Phi) is 7.88. The molecule has 0 bridgehead atoms. The predicted octanol–water partition coefficient (Wildman–Crippen LogP) is 0.434. The first-order valence-corrected chi connectivity index (χ1v) is 12.4. The predicted molar refractivity (Wildman–Crippen MR) is 133 cm³/mol. The quantitative estimate of drug-likeness (QED) is 0.586. The van der Waals surface area contributed by atoms with Gasteiger partial charge < -0.3 is 20.4 Å². The summed E-state index contributed by atoms with van der Waals surface area (Å²) < 4.78 is 3.93. The summed E-state index contributed by atoms with van der Waals surface area (Å²) in [5.41, 5.74) is 3.09. The number of carbonyl (C=O) groups is 2. The average molecular weight is 486 g/mol. The second-order valence-electron chi connectivity index (χ2n) is 10.2. The smallest absolute Gasteiger partial charge is 0.273 e. The van der Waals surface area contributed by atoms with Crippen molar-refractivity contribution in [2.75, 3.05) is 47.9 Å². The number of aromatic nitrogens is 4. The van der Waals surface area contributed by atoms with Crippen LogP contribution in [0, 0.1) is 5.92 Å². The van der Waals surface area contributed by atoms with Gasteiger partial charge in [-0.15, -0.1) is 0 Å². The highest BCUT2D eigenvalue weighted by Gasteiger charge is 2.26. The Morgan fingerprint density at radius 1 is 1.09 bits per heavy atom. The van der Waals surface area contributed by atoms with Crippen molar-refractivity contribution in [3.63, 3.8) is 0 Å². The first-order chi connectivity index (χ1) is 16.7. The van der Waals surface area contributed by atoms with Crippen molar-refractivity contribution in [2.24, 2.45) is 5.92 Å². The van der Waals surface area contributed by atoms with Gasteiger partial charge in [-0.3, -0.25) is 23.9 Å². The Morgan fingerprint density at radius 2 is 1.80 bits per heavy atom. The van der Waals surface area contributed by atoms with Gasteiger partial charge in [-0.1, -0.05) is 0 Å². The molecule has 2 aromatic rings. The standard InChI is InChI=1S/C24H39N9O2/c1-17(26-23(34)21-10-20-15-31(16-25-2)7-6-8-32(20)27-21)9-18-12-30(5)14-19-11-22(24(35)29(3)4)28-33(19)13-18/h10-11,17-18,25H,6-9,12-16H2,1-5H3,(H,26,34). The maximum absolute atomic E-state index is 13.0. The van der Waals surface area contributed by atoms with Crippen LogP contribution in [0.5, 0.6) is 0 Å².